The molecule has 0 spiro atoms. The van der Waals surface area contributed by atoms with Gasteiger partial charge in [0.1, 0.15) is 12.4 Å². The molecule has 31 heavy (non-hydrogen) atoms. The SMILES string of the molecule is C=CCOC(=O)Nc1c(OC)cccc1C(=O)N1C=C(/C=C/C(=O)N(C)C)C[C@H]1CO. The number of likely N-dealkylation sites (N-methyl/N-ethyl adjacent to an activating group) is 1. The predicted molar refractivity (Wildman–Crippen MR) is 116 cm³/mol. The van der Waals surface area contributed by atoms with E-state index < -0.39 is 18.0 Å². The first-order valence-corrected chi connectivity index (χ1v) is 9.57. The molecule has 1 atom stereocenters. The zero-order chi connectivity index (χ0) is 23.0. The maximum Gasteiger partial charge on any atom is 0.412 e. The number of nitrogens with zero attached hydrogens (tertiary/aromatic N) is 2. The second kappa shape index (κ2) is 11.0. The molecule has 1 aliphatic rings. The number of methoxy groups -OCH3 is 1. The van der Waals surface area contributed by atoms with Gasteiger partial charge < -0.3 is 24.4 Å². The fourth-order valence-corrected chi connectivity index (χ4v) is 2.94. The van der Waals surface area contributed by atoms with Crippen LogP contribution in [0.15, 0.2) is 54.8 Å². The first-order chi connectivity index (χ1) is 14.8. The smallest absolute Gasteiger partial charge is 0.412 e. The molecule has 2 rings (SSSR count). The van der Waals surface area contributed by atoms with Crippen LogP contribution in [0.5, 0.6) is 5.75 Å². The zero-order valence-corrected chi connectivity index (χ0v) is 17.8. The van der Waals surface area contributed by atoms with Crippen LogP contribution in [0.1, 0.15) is 16.8 Å². The number of amides is 3. The van der Waals surface area contributed by atoms with E-state index in [0.717, 1.165) is 0 Å². The number of carbonyl (C=O) groups is 3. The lowest BCUT2D eigenvalue weighted by molar-refractivity contribution is -0.123. The molecule has 0 bridgehead atoms. The van der Waals surface area contributed by atoms with Crippen molar-refractivity contribution < 1.29 is 29.0 Å². The summed E-state index contributed by atoms with van der Waals surface area (Å²) in [7, 11) is 4.69. The van der Waals surface area contributed by atoms with E-state index in [-0.39, 0.29) is 36.1 Å². The Bertz CT molecular complexity index is 907. The van der Waals surface area contributed by atoms with E-state index in [0.29, 0.717) is 12.0 Å². The Kier molecular flexibility index (Phi) is 8.39. The Hall–Kier alpha value is -3.59. The third-order valence-corrected chi connectivity index (χ3v) is 4.53. The quantitative estimate of drug-likeness (QED) is 0.484. The maximum atomic E-state index is 13.3. The Morgan fingerprint density at radius 3 is 2.71 bits per heavy atom. The first-order valence-electron chi connectivity index (χ1n) is 9.57. The maximum absolute atomic E-state index is 13.3. The number of aliphatic hydroxyl groups excluding tert-OH is 1. The van der Waals surface area contributed by atoms with E-state index in [9.17, 15) is 19.5 Å². The van der Waals surface area contributed by atoms with Crippen molar-refractivity contribution in [1.82, 2.24) is 9.80 Å². The fraction of sp³-hybridized carbons (Fsp3) is 0.318. The minimum atomic E-state index is -0.764. The van der Waals surface area contributed by atoms with Crippen LogP contribution >= 0.6 is 0 Å². The molecule has 9 heteroatoms. The van der Waals surface area contributed by atoms with Crippen LogP contribution in [0.25, 0.3) is 0 Å². The second-order valence-electron chi connectivity index (χ2n) is 6.92. The molecule has 0 radical (unpaired) electrons. The van der Waals surface area contributed by atoms with Crippen molar-refractivity contribution in [3.05, 3.63) is 60.3 Å². The number of anilines is 1. The second-order valence-corrected chi connectivity index (χ2v) is 6.92. The van der Waals surface area contributed by atoms with Crippen LogP contribution in [-0.4, -0.2) is 73.3 Å². The van der Waals surface area contributed by atoms with E-state index in [1.165, 1.54) is 29.1 Å². The van der Waals surface area contributed by atoms with E-state index in [1.54, 1.807) is 44.6 Å². The minimum absolute atomic E-state index is 0.00702. The van der Waals surface area contributed by atoms with Crippen molar-refractivity contribution in [3.63, 3.8) is 0 Å². The van der Waals surface area contributed by atoms with Gasteiger partial charge in [-0.3, -0.25) is 14.9 Å². The molecule has 166 valence electrons. The summed E-state index contributed by atoms with van der Waals surface area (Å²) in [5.74, 6) is -0.357. The van der Waals surface area contributed by atoms with Gasteiger partial charge in [0, 0.05) is 26.4 Å². The number of rotatable bonds is 8. The summed E-state index contributed by atoms with van der Waals surface area (Å²) in [5, 5.41) is 12.3. The molecular weight excluding hydrogens is 402 g/mol. The third-order valence-electron chi connectivity index (χ3n) is 4.53. The first kappa shape index (κ1) is 23.7. The lowest BCUT2D eigenvalue weighted by Gasteiger charge is -2.23. The van der Waals surface area contributed by atoms with Crippen LogP contribution in [0.4, 0.5) is 10.5 Å². The molecular formula is C22H27N3O6. The number of benzene rings is 1. The van der Waals surface area contributed by atoms with Gasteiger partial charge in [-0.05, 0) is 24.1 Å². The molecule has 3 amide bonds. The number of hydrogen-bond donors (Lipinski definition) is 2. The van der Waals surface area contributed by atoms with Crippen LogP contribution in [0.2, 0.25) is 0 Å². The summed E-state index contributed by atoms with van der Waals surface area (Å²) >= 11 is 0. The zero-order valence-electron chi connectivity index (χ0n) is 17.8. The highest BCUT2D eigenvalue weighted by atomic mass is 16.5. The van der Waals surface area contributed by atoms with Crippen molar-refractivity contribution >= 4 is 23.6 Å². The Morgan fingerprint density at radius 1 is 1.35 bits per heavy atom. The van der Waals surface area contributed by atoms with E-state index in [4.69, 9.17) is 9.47 Å². The average molecular weight is 429 g/mol. The van der Waals surface area contributed by atoms with Gasteiger partial charge in [-0.25, -0.2) is 4.79 Å². The Labute approximate surface area is 181 Å². The molecule has 1 aromatic carbocycles. The number of carbonyl (C=O) groups excluding carboxylic acids is 3. The van der Waals surface area contributed by atoms with Crippen LogP contribution in [0.3, 0.4) is 0 Å². The average Bonchev–Trinajstić information content (AvgIpc) is 3.18. The van der Waals surface area contributed by atoms with Crippen molar-refractivity contribution in [1.29, 1.82) is 0 Å². The molecule has 1 heterocycles. The molecule has 0 saturated heterocycles. The summed E-state index contributed by atoms with van der Waals surface area (Å²) in [6.45, 7) is 3.22. The van der Waals surface area contributed by atoms with Crippen LogP contribution in [-0.2, 0) is 9.53 Å². The molecule has 9 nitrogen and oxygen atoms in total. The van der Waals surface area contributed by atoms with Gasteiger partial charge in [0.05, 0.1) is 31.0 Å². The Morgan fingerprint density at radius 2 is 2.10 bits per heavy atom. The molecule has 0 aromatic heterocycles. The molecule has 1 aliphatic heterocycles. The lowest BCUT2D eigenvalue weighted by Crippen LogP contribution is -2.36. The summed E-state index contributed by atoms with van der Waals surface area (Å²) in [5.41, 5.74) is 1.03. The van der Waals surface area contributed by atoms with Gasteiger partial charge in [-0.2, -0.15) is 0 Å². The molecule has 0 fully saturated rings. The monoisotopic (exact) mass is 429 g/mol. The number of aliphatic hydroxyl groups is 1. The van der Waals surface area contributed by atoms with Crippen LogP contribution in [0, 0.1) is 0 Å². The topological polar surface area (TPSA) is 108 Å². The normalized spacial score (nSPS) is 15.4. The molecule has 0 unspecified atom stereocenters. The molecule has 1 aromatic rings. The van der Waals surface area contributed by atoms with Crippen molar-refractivity contribution in [2.24, 2.45) is 0 Å². The van der Waals surface area contributed by atoms with Gasteiger partial charge >= 0.3 is 6.09 Å². The summed E-state index contributed by atoms with van der Waals surface area (Å²) in [6.07, 6.45) is 5.65. The number of nitrogens with one attached hydrogen (secondary N) is 1. The summed E-state index contributed by atoms with van der Waals surface area (Å²) < 4.78 is 10.2. The van der Waals surface area contributed by atoms with Gasteiger partial charge in [0.2, 0.25) is 5.91 Å². The van der Waals surface area contributed by atoms with Gasteiger partial charge in [0.25, 0.3) is 5.91 Å². The van der Waals surface area contributed by atoms with Gasteiger partial charge in [-0.1, -0.05) is 24.8 Å². The number of hydrogen-bond acceptors (Lipinski definition) is 6. The van der Waals surface area contributed by atoms with Crippen molar-refractivity contribution in [2.75, 3.05) is 39.7 Å². The highest BCUT2D eigenvalue weighted by molar-refractivity contribution is 6.05. The van der Waals surface area contributed by atoms with E-state index in [2.05, 4.69) is 11.9 Å². The lowest BCUT2D eigenvalue weighted by atomic mass is 10.1. The molecule has 0 saturated carbocycles. The number of ether oxygens (including phenoxy) is 2. The van der Waals surface area contributed by atoms with Gasteiger partial charge in [-0.15, -0.1) is 0 Å². The van der Waals surface area contributed by atoms with E-state index in [1.807, 2.05) is 0 Å². The predicted octanol–water partition coefficient (Wildman–Crippen LogP) is 2.16. The standard InChI is InChI=1S/C22H27N3O6/c1-5-11-31-22(29)23-20-17(7-6-8-18(20)30-4)21(28)25-13-15(12-16(25)14-26)9-10-19(27)24(2)3/h5-10,13,16,26H,1,11-12,14H2,2-4H3,(H,23,29)/b10-9+/t16-/m0/s1. The van der Waals surface area contributed by atoms with Gasteiger partial charge in [0.15, 0.2) is 0 Å². The van der Waals surface area contributed by atoms with E-state index >= 15 is 0 Å². The number of para-hydroxylation sites is 1. The Balaban J connectivity index is 2.34. The summed E-state index contributed by atoms with van der Waals surface area (Å²) in [4.78, 5) is 40.0. The highest BCUT2D eigenvalue weighted by Crippen LogP contribution is 2.32. The molecule has 0 aliphatic carbocycles. The molecule has 2 N–H and O–H groups in total. The minimum Gasteiger partial charge on any atom is -0.495 e. The van der Waals surface area contributed by atoms with Crippen LogP contribution < -0.4 is 10.1 Å². The largest absolute Gasteiger partial charge is 0.495 e. The van der Waals surface area contributed by atoms with Crippen molar-refractivity contribution in [2.45, 2.75) is 12.5 Å². The van der Waals surface area contributed by atoms with Crippen molar-refractivity contribution in [3.8, 4) is 5.75 Å². The summed E-state index contributed by atoms with van der Waals surface area (Å²) in [6, 6.07) is 4.26. The number of allylic oxidation sites excluding steroid dienone is 1. The third kappa shape index (κ3) is 5.95. The highest BCUT2D eigenvalue weighted by Gasteiger charge is 2.31. The fourth-order valence-electron chi connectivity index (χ4n) is 2.94.